The first-order valence-corrected chi connectivity index (χ1v) is 6.67. The van der Waals surface area contributed by atoms with Gasteiger partial charge in [0.15, 0.2) is 5.82 Å². The molecule has 2 N–H and O–H groups in total. The first kappa shape index (κ1) is 12.5. The molecule has 3 heterocycles. The van der Waals surface area contributed by atoms with Crippen molar-refractivity contribution in [1.82, 2.24) is 20.3 Å². The van der Waals surface area contributed by atoms with E-state index in [4.69, 9.17) is 4.52 Å². The van der Waals surface area contributed by atoms with Crippen molar-refractivity contribution in [3.63, 3.8) is 0 Å². The molecule has 3 aromatic heterocycles. The number of nitrogens with one attached hydrogen (secondary N) is 2. The summed E-state index contributed by atoms with van der Waals surface area (Å²) in [5.41, 5.74) is 0.639. The number of aromatic amines is 1. The summed E-state index contributed by atoms with van der Waals surface area (Å²) in [5.74, 6) is 0.511. The highest BCUT2D eigenvalue weighted by Gasteiger charge is 2.15. The minimum absolute atomic E-state index is 0.126. The van der Waals surface area contributed by atoms with Crippen molar-refractivity contribution >= 4 is 23.2 Å². The van der Waals surface area contributed by atoms with Crippen LogP contribution < -0.4 is 5.32 Å². The van der Waals surface area contributed by atoms with Gasteiger partial charge in [-0.25, -0.2) is 0 Å². The summed E-state index contributed by atoms with van der Waals surface area (Å²) in [4.78, 5) is 18.2. The molecule has 20 heavy (non-hydrogen) atoms. The molecule has 0 bridgehead atoms. The Morgan fingerprint density at radius 3 is 2.90 bits per heavy atom. The molecule has 3 aromatic rings. The van der Waals surface area contributed by atoms with Crippen LogP contribution in [0, 0.1) is 13.8 Å². The number of aryl methyl sites for hydroxylation is 2. The normalized spacial score (nSPS) is 10.7. The van der Waals surface area contributed by atoms with E-state index in [9.17, 15) is 4.79 Å². The summed E-state index contributed by atoms with van der Waals surface area (Å²) >= 11 is 1.60. The van der Waals surface area contributed by atoms with Crippen LogP contribution in [0.25, 0.3) is 10.7 Å². The highest BCUT2D eigenvalue weighted by atomic mass is 32.1. The molecule has 8 heteroatoms. The van der Waals surface area contributed by atoms with E-state index >= 15 is 0 Å². The summed E-state index contributed by atoms with van der Waals surface area (Å²) in [5, 5.41) is 12.9. The number of hydrogen-bond donors (Lipinski definition) is 2. The van der Waals surface area contributed by atoms with Crippen LogP contribution in [0.15, 0.2) is 22.7 Å². The van der Waals surface area contributed by atoms with Crippen molar-refractivity contribution in [1.29, 1.82) is 0 Å². The SMILES string of the molecule is Cc1cc(C(=O)Nc2n[nH]c(-c3ccc(C)s3)n2)on1. The van der Waals surface area contributed by atoms with E-state index in [0.717, 1.165) is 4.88 Å². The van der Waals surface area contributed by atoms with Crippen molar-refractivity contribution < 1.29 is 9.32 Å². The number of carbonyl (C=O) groups is 1. The molecular formula is C12H11N5O2S. The zero-order valence-electron chi connectivity index (χ0n) is 10.8. The minimum atomic E-state index is -0.432. The largest absolute Gasteiger partial charge is 0.351 e. The lowest BCUT2D eigenvalue weighted by Crippen LogP contribution is -2.12. The Hall–Kier alpha value is -2.48. The van der Waals surface area contributed by atoms with E-state index < -0.39 is 5.91 Å². The van der Waals surface area contributed by atoms with Gasteiger partial charge in [0.1, 0.15) is 0 Å². The fourth-order valence-corrected chi connectivity index (χ4v) is 2.43. The molecule has 0 aliphatic rings. The summed E-state index contributed by atoms with van der Waals surface area (Å²) < 4.78 is 4.87. The summed E-state index contributed by atoms with van der Waals surface area (Å²) in [6.45, 7) is 3.75. The third kappa shape index (κ3) is 2.45. The van der Waals surface area contributed by atoms with E-state index in [1.807, 2.05) is 19.1 Å². The second kappa shape index (κ2) is 4.89. The standard InChI is InChI=1S/C12H11N5O2S/c1-6-5-8(19-17-6)11(18)14-12-13-10(15-16-12)9-4-3-7(2)20-9/h3-5H,1-2H3,(H2,13,14,15,16,18). The van der Waals surface area contributed by atoms with Crippen LogP contribution in [0.2, 0.25) is 0 Å². The quantitative estimate of drug-likeness (QED) is 0.771. The number of amides is 1. The van der Waals surface area contributed by atoms with Crippen molar-refractivity contribution in [2.24, 2.45) is 0 Å². The van der Waals surface area contributed by atoms with Gasteiger partial charge in [0, 0.05) is 10.9 Å². The molecule has 102 valence electrons. The summed E-state index contributed by atoms with van der Waals surface area (Å²) in [6, 6.07) is 5.50. The van der Waals surface area contributed by atoms with E-state index in [1.165, 1.54) is 4.88 Å². The number of anilines is 1. The van der Waals surface area contributed by atoms with Crippen molar-refractivity contribution in [3.8, 4) is 10.7 Å². The smallest absolute Gasteiger partial charge is 0.296 e. The average molecular weight is 289 g/mol. The zero-order valence-corrected chi connectivity index (χ0v) is 11.6. The third-order valence-corrected chi connectivity index (χ3v) is 3.54. The fourth-order valence-electron chi connectivity index (χ4n) is 1.62. The highest BCUT2D eigenvalue weighted by molar-refractivity contribution is 7.15. The topological polar surface area (TPSA) is 96.7 Å². The molecule has 0 saturated carbocycles. The maximum absolute atomic E-state index is 11.8. The van der Waals surface area contributed by atoms with Crippen molar-refractivity contribution in [2.45, 2.75) is 13.8 Å². The second-order valence-corrected chi connectivity index (χ2v) is 5.49. The molecule has 0 radical (unpaired) electrons. The van der Waals surface area contributed by atoms with Crippen LogP contribution in [-0.2, 0) is 0 Å². The molecule has 0 spiro atoms. The van der Waals surface area contributed by atoms with Gasteiger partial charge in [-0.15, -0.1) is 16.4 Å². The number of H-pyrrole nitrogens is 1. The van der Waals surface area contributed by atoms with Crippen LogP contribution in [-0.4, -0.2) is 26.2 Å². The number of thiophene rings is 1. The van der Waals surface area contributed by atoms with Crippen LogP contribution in [0.4, 0.5) is 5.95 Å². The van der Waals surface area contributed by atoms with Crippen LogP contribution in [0.5, 0.6) is 0 Å². The summed E-state index contributed by atoms with van der Waals surface area (Å²) in [7, 11) is 0. The van der Waals surface area contributed by atoms with Gasteiger partial charge in [0.25, 0.3) is 5.91 Å². The first-order valence-electron chi connectivity index (χ1n) is 5.86. The van der Waals surface area contributed by atoms with Crippen LogP contribution >= 0.6 is 11.3 Å². The Balaban J connectivity index is 1.76. The van der Waals surface area contributed by atoms with Gasteiger partial charge in [-0.3, -0.25) is 15.2 Å². The van der Waals surface area contributed by atoms with Gasteiger partial charge < -0.3 is 4.52 Å². The molecule has 0 aliphatic heterocycles. The Labute approximate surface area is 118 Å². The Morgan fingerprint density at radius 2 is 2.25 bits per heavy atom. The van der Waals surface area contributed by atoms with E-state index in [-0.39, 0.29) is 11.7 Å². The maximum Gasteiger partial charge on any atom is 0.296 e. The monoisotopic (exact) mass is 289 g/mol. The number of hydrogen-bond acceptors (Lipinski definition) is 6. The van der Waals surface area contributed by atoms with E-state index in [2.05, 4.69) is 25.7 Å². The first-order chi connectivity index (χ1) is 9.61. The minimum Gasteiger partial charge on any atom is -0.351 e. The lowest BCUT2D eigenvalue weighted by molar-refractivity contribution is 0.0987. The molecular weight excluding hydrogens is 278 g/mol. The number of rotatable bonds is 3. The van der Waals surface area contributed by atoms with Crippen molar-refractivity contribution in [3.05, 3.63) is 34.5 Å². The van der Waals surface area contributed by atoms with Crippen LogP contribution in [0.3, 0.4) is 0 Å². The Bertz CT molecular complexity index is 757. The Morgan fingerprint density at radius 1 is 1.40 bits per heavy atom. The molecule has 0 aromatic carbocycles. The fraction of sp³-hybridized carbons (Fsp3) is 0.167. The molecule has 1 amide bonds. The molecule has 3 rings (SSSR count). The Kier molecular flexibility index (Phi) is 3.07. The van der Waals surface area contributed by atoms with Gasteiger partial charge in [-0.1, -0.05) is 5.16 Å². The molecule has 0 aliphatic carbocycles. The van der Waals surface area contributed by atoms with Crippen molar-refractivity contribution in [2.75, 3.05) is 5.32 Å². The molecule has 0 fully saturated rings. The van der Waals surface area contributed by atoms with E-state index in [0.29, 0.717) is 11.5 Å². The van der Waals surface area contributed by atoms with Gasteiger partial charge in [0.2, 0.25) is 11.7 Å². The lowest BCUT2D eigenvalue weighted by atomic mass is 10.4. The predicted molar refractivity (Wildman–Crippen MR) is 73.6 cm³/mol. The second-order valence-electron chi connectivity index (χ2n) is 4.20. The number of carbonyl (C=O) groups excluding carboxylic acids is 1. The highest BCUT2D eigenvalue weighted by Crippen LogP contribution is 2.25. The number of aromatic nitrogens is 4. The molecule has 0 saturated heterocycles. The van der Waals surface area contributed by atoms with E-state index in [1.54, 1.807) is 24.3 Å². The van der Waals surface area contributed by atoms with Crippen LogP contribution in [0.1, 0.15) is 21.1 Å². The third-order valence-electron chi connectivity index (χ3n) is 2.54. The number of nitrogens with zero attached hydrogens (tertiary/aromatic N) is 3. The van der Waals surface area contributed by atoms with Gasteiger partial charge in [-0.05, 0) is 26.0 Å². The lowest BCUT2D eigenvalue weighted by Gasteiger charge is -1.94. The average Bonchev–Trinajstić information content (AvgIpc) is 3.10. The van der Waals surface area contributed by atoms with Gasteiger partial charge in [-0.2, -0.15) is 4.98 Å². The van der Waals surface area contributed by atoms with Gasteiger partial charge >= 0.3 is 0 Å². The predicted octanol–water partition coefficient (Wildman–Crippen LogP) is 2.39. The van der Waals surface area contributed by atoms with Gasteiger partial charge in [0.05, 0.1) is 10.6 Å². The summed E-state index contributed by atoms with van der Waals surface area (Å²) in [6.07, 6.45) is 0. The molecule has 0 unspecified atom stereocenters. The zero-order chi connectivity index (χ0) is 14.1. The maximum atomic E-state index is 11.8. The molecule has 7 nitrogen and oxygen atoms in total. The molecule has 0 atom stereocenters.